The van der Waals surface area contributed by atoms with Crippen LogP contribution in [0, 0.1) is 0 Å². The molecule has 0 unspecified atom stereocenters. The molecular weight excluding hydrogens is 270 g/mol. The predicted molar refractivity (Wildman–Crippen MR) is 75.4 cm³/mol. The van der Waals surface area contributed by atoms with Crippen molar-refractivity contribution < 1.29 is 14.4 Å². The fourth-order valence-electron chi connectivity index (χ4n) is 3.13. The van der Waals surface area contributed by atoms with Crippen LogP contribution in [0.4, 0.5) is 4.79 Å². The Kier molecular flexibility index (Phi) is 3.16. The lowest BCUT2D eigenvalue weighted by atomic mass is 9.92. The zero-order chi connectivity index (χ0) is 15.0. The standard InChI is InChI=1S/C15H17N3O3/c1-2-16-12(19)9-18-13(20)15(17-14(18)21)8-7-10-5-3-4-6-11(10)15/h3-6H,2,7-9H2,1H3,(H,16,19)(H,17,21)/t15-/m1/s1. The summed E-state index contributed by atoms with van der Waals surface area (Å²) in [7, 11) is 0. The van der Waals surface area contributed by atoms with Gasteiger partial charge < -0.3 is 10.6 Å². The molecule has 21 heavy (non-hydrogen) atoms. The van der Waals surface area contributed by atoms with Crippen LogP contribution in [0.3, 0.4) is 0 Å². The van der Waals surface area contributed by atoms with Gasteiger partial charge in [-0.05, 0) is 30.9 Å². The van der Waals surface area contributed by atoms with E-state index in [0.29, 0.717) is 13.0 Å². The van der Waals surface area contributed by atoms with Gasteiger partial charge in [0.2, 0.25) is 5.91 Å². The van der Waals surface area contributed by atoms with Crippen LogP contribution in [0.5, 0.6) is 0 Å². The number of benzene rings is 1. The molecule has 1 fully saturated rings. The van der Waals surface area contributed by atoms with Crippen LogP contribution < -0.4 is 10.6 Å². The van der Waals surface area contributed by atoms with Crippen LogP contribution in [0.15, 0.2) is 24.3 Å². The summed E-state index contributed by atoms with van der Waals surface area (Å²) in [6.45, 7) is 2.03. The second-order valence-corrected chi connectivity index (χ2v) is 5.34. The quantitative estimate of drug-likeness (QED) is 0.795. The Bertz CT molecular complexity index is 628. The molecule has 1 heterocycles. The number of imide groups is 1. The zero-order valence-corrected chi connectivity index (χ0v) is 11.8. The van der Waals surface area contributed by atoms with Crippen LogP contribution in [0.25, 0.3) is 0 Å². The van der Waals surface area contributed by atoms with E-state index in [1.807, 2.05) is 24.3 Å². The monoisotopic (exact) mass is 287 g/mol. The van der Waals surface area contributed by atoms with Crippen molar-refractivity contribution in [1.82, 2.24) is 15.5 Å². The fraction of sp³-hybridized carbons (Fsp3) is 0.400. The third kappa shape index (κ3) is 1.98. The van der Waals surface area contributed by atoms with Crippen LogP contribution in [-0.2, 0) is 21.5 Å². The summed E-state index contributed by atoms with van der Waals surface area (Å²) in [5.41, 5.74) is 0.938. The van der Waals surface area contributed by atoms with Gasteiger partial charge in [-0.2, -0.15) is 0 Å². The van der Waals surface area contributed by atoms with Gasteiger partial charge in [-0.25, -0.2) is 4.79 Å². The van der Waals surface area contributed by atoms with Gasteiger partial charge in [0, 0.05) is 6.54 Å². The number of hydrogen-bond acceptors (Lipinski definition) is 3. The second kappa shape index (κ2) is 4.87. The van der Waals surface area contributed by atoms with Crippen LogP contribution in [0.1, 0.15) is 24.5 Å². The number of nitrogens with one attached hydrogen (secondary N) is 2. The summed E-state index contributed by atoms with van der Waals surface area (Å²) in [6.07, 6.45) is 1.29. The summed E-state index contributed by atoms with van der Waals surface area (Å²) in [5, 5.41) is 5.39. The molecule has 0 bridgehead atoms. The highest BCUT2D eigenvalue weighted by Crippen LogP contribution is 2.41. The molecule has 1 spiro atoms. The van der Waals surface area contributed by atoms with Crippen LogP contribution in [0.2, 0.25) is 0 Å². The molecule has 1 atom stereocenters. The number of urea groups is 1. The van der Waals surface area contributed by atoms with E-state index in [1.165, 1.54) is 0 Å². The predicted octanol–water partition coefficient (Wildman–Crippen LogP) is 0.516. The Morgan fingerprint density at radius 3 is 2.90 bits per heavy atom. The van der Waals surface area contributed by atoms with E-state index >= 15 is 0 Å². The minimum atomic E-state index is -0.986. The first-order valence-electron chi connectivity index (χ1n) is 7.07. The number of rotatable bonds is 3. The van der Waals surface area contributed by atoms with Crippen molar-refractivity contribution in [3.63, 3.8) is 0 Å². The SMILES string of the molecule is CCNC(=O)CN1C(=O)N[C@@]2(CCc3ccccc32)C1=O. The smallest absolute Gasteiger partial charge is 0.325 e. The van der Waals surface area contributed by atoms with E-state index in [4.69, 9.17) is 0 Å². The minimum Gasteiger partial charge on any atom is -0.355 e. The lowest BCUT2D eigenvalue weighted by Gasteiger charge is -2.22. The van der Waals surface area contributed by atoms with Gasteiger partial charge in [0.25, 0.3) is 5.91 Å². The summed E-state index contributed by atoms with van der Waals surface area (Å²) < 4.78 is 0. The van der Waals surface area contributed by atoms with Gasteiger partial charge >= 0.3 is 6.03 Å². The largest absolute Gasteiger partial charge is 0.355 e. The molecule has 6 heteroatoms. The number of nitrogens with zero attached hydrogens (tertiary/aromatic N) is 1. The third-order valence-corrected chi connectivity index (χ3v) is 4.10. The molecular formula is C15H17N3O3. The summed E-state index contributed by atoms with van der Waals surface area (Å²) in [6, 6.07) is 7.12. The van der Waals surface area contributed by atoms with Crippen molar-refractivity contribution in [1.29, 1.82) is 0 Å². The Labute approximate surface area is 122 Å². The second-order valence-electron chi connectivity index (χ2n) is 5.34. The normalized spacial score (nSPS) is 23.4. The molecule has 2 N–H and O–H groups in total. The molecule has 1 saturated heterocycles. The molecule has 0 saturated carbocycles. The van der Waals surface area contributed by atoms with E-state index in [9.17, 15) is 14.4 Å². The van der Waals surface area contributed by atoms with E-state index in [1.54, 1.807) is 6.92 Å². The van der Waals surface area contributed by atoms with E-state index in [2.05, 4.69) is 10.6 Å². The van der Waals surface area contributed by atoms with Crippen molar-refractivity contribution in [2.24, 2.45) is 0 Å². The highest BCUT2D eigenvalue weighted by Gasteiger charge is 2.55. The number of amides is 4. The average Bonchev–Trinajstić information content (AvgIpc) is 2.94. The molecule has 6 nitrogen and oxygen atoms in total. The van der Waals surface area contributed by atoms with Crippen LogP contribution >= 0.6 is 0 Å². The molecule has 0 radical (unpaired) electrons. The first-order valence-corrected chi connectivity index (χ1v) is 7.07. The van der Waals surface area contributed by atoms with E-state index in [0.717, 1.165) is 22.4 Å². The highest BCUT2D eigenvalue weighted by atomic mass is 16.2. The van der Waals surface area contributed by atoms with Crippen molar-refractivity contribution >= 4 is 17.8 Å². The van der Waals surface area contributed by atoms with Crippen molar-refractivity contribution in [3.05, 3.63) is 35.4 Å². The van der Waals surface area contributed by atoms with Gasteiger partial charge in [0.05, 0.1) is 0 Å². The first-order chi connectivity index (χ1) is 10.1. The highest BCUT2D eigenvalue weighted by molar-refractivity contribution is 6.09. The number of carbonyl (C=O) groups excluding carboxylic acids is 3. The van der Waals surface area contributed by atoms with E-state index in [-0.39, 0.29) is 18.4 Å². The first kappa shape index (κ1) is 13.6. The molecule has 0 aromatic heterocycles. The molecule has 110 valence electrons. The molecule has 3 rings (SSSR count). The Morgan fingerprint density at radius 2 is 2.14 bits per heavy atom. The summed E-state index contributed by atoms with van der Waals surface area (Å²) in [5.74, 6) is -0.659. The maximum atomic E-state index is 12.7. The lowest BCUT2D eigenvalue weighted by Crippen LogP contribution is -2.43. The number of hydrogen-bond donors (Lipinski definition) is 2. The number of aryl methyl sites for hydroxylation is 1. The average molecular weight is 287 g/mol. The van der Waals surface area contributed by atoms with Crippen molar-refractivity contribution in [2.75, 3.05) is 13.1 Å². The molecule has 4 amide bonds. The number of fused-ring (bicyclic) bond motifs is 2. The van der Waals surface area contributed by atoms with Gasteiger partial charge in [0.15, 0.2) is 0 Å². The van der Waals surface area contributed by atoms with Gasteiger partial charge in [0.1, 0.15) is 12.1 Å². The number of carbonyl (C=O) groups is 3. The lowest BCUT2D eigenvalue weighted by molar-refractivity contribution is -0.135. The summed E-state index contributed by atoms with van der Waals surface area (Å²) >= 11 is 0. The Balaban J connectivity index is 1.89. The van der Waals surface area contributed by atoms with Gasteiger partial charge in [-0.15, -0.1) is 0 Å². The molecule has 1 aromatic carbocycles. The van der Waals surface area contributed by atoms with Crippen molar-refractivity contribution in [3.8, 4) is 0 Å². The van der Waals surface area contributed by atoms with Gasteiger partial charge in [-0.3, -0.25) is 14.5 Å². The molecule has 1 aliphatic carbocycles. The Hall–Kier alpha value is -2.37. The third-order valence-electron chi connectivity index (χ3n) is 4.10. The van der Waals surface area contributed by atoms with E-state index < -0.39 is 11.6 Å². The molecule has 1 aliphatic heterocycles. The van der Waals surface area contributed by atoms with Crippen molar-refractivity contribution in [2.45, 2.75) is 25.3 Å². The minimum absolute atomic E-state index is 0.234. The van der Waals surface area contributed by atoms with Crippen LogP contribution in [-0.4, -0.2) is 35.8 Å². The Morgan fingerprint density at radius 1 is 1.38 bits per heavy atom. The topological polar surface area (TPSA) is 78.5 Å². The maximum Gasteiger partial charge on any atom is 0.325 e. The van der Waals surface area contributed by atoms with Gasteiger partial charge in [-0.1, -0.05) is 24.3 Å². The fourth-order valence-corrected chi connectivity index (χ4v) is 3.13. The molecule has 1 aromatic rings. The maximum absolute atomic E-state index is 12.7. The molecule has 2 aliphatic rings. The zero-order valence-electron chi connectivity index (χ0n) is 11.8. The summed E-state index contributed by atoms with van der Waals surface area (Å²) in [4.78, 5) is 37.5. The number of likely N-dealkylation sites (N-methyl/N-ethyl adjacent to an activating group) is 1.